The number of hydrogen-bond donors (Lipinski definition) is 2. The van der Waals surface area contributed by atoms with Gasteiger partial charge in [0.1, 0.15) is 0 Å². The lowest BCUT2D eigenvalue weighted by Gasteiger charge is -2.22. The number of hydrogen-bond acceptors (Lipinski definition) is 4. The molecule has 1 aromatic rings. The van der Waals surface area contributed by atoms with Gasteiger partial charge in [0.05, 0.1) is 10.6 Å². The summed E-state index contributed by atoms with van der Waals surface area (Å²) in [6.45, 7) is 4.64. The molecule has 0 aliphatic heterocycles. The van der Waals surface area contributed by atoms with Crippen molar-refractivity contribution < 1.29 is 8.42 Å². The van der Waals surface area contributed by atoms with Gasteiger partial charge in [-0.25, -0.2) is 8.42 Å². The van der Waals surface area contributed by atoms with Crippen molar-refractivity contribution in [2.24, 2.45) is 11.1 Å². The van der Waals surface area contributed by atoms with Gasteiger partial charge in [-0.15, -0.1) is 0 Å². The largest absolute Gasteiger partial charge is 0.398 e. The Morgan fingerprint density at radius 3 is 2.35 bits per heavy atom. The Bertz CT molecular complexity index is 507. The Hall–Kier alpha value is -1.07. The van der Waals surface area contributed by atoms with Gasteiger partial charge in [0.25, 0.3) is 0 Å². The fourth-order valence-corrected chi connectivity index (χ4v) is 2.50. The van der Waals surface area contributed by atoms with E-state index >= 15 is 0 Å². The van der Waals surface area contributed by atoms with E-state index < -0.39 is 9.84 Å². The van der Waals surface area contributed by atoms with Crippen molar-refractivity contribution in [3.8, 4) is 0 Å². The number of rotatable bonds is 4. The summed E-state index contributed by atoms with van der Waals surface area (Å²) in [5.74, 6) is 0. The molecule has 0 atom stereocenters. The molecule has 17 heavy (non-hydrogen) atoms. The van der Waals surface area contributed by atoms with Crippen LogP contribution in [-0.4, -0.2) is 21.2 Å². The molecule has 0 amide bonds. The van der Waals surface area contributed by atoms with Crippen LogP contribution in [0, 0.1) is 5.41 Å². The first-order chi connectivity index (χ1) is 7.65. The molecule has 0 aliphatic carbocycles. The lowest BCUT2D eigenvalue weighted by molar-refractivity contribution is 0.376. The Balaban J connectivity index is 3.15. The van der Waals surface area contributed by atoms with Crippen LogP contribution in [0.1, 0.15) is 19.4 Å². The third-order valence-corrected chi connectivity index (χ3v) is 3.87. The van der Waals surface area contributed by atoms with Gasteiger partial charge in [0.2, 0.25) is 0 Å². The molecule has 0 saturated carbocycles. The van der Waals surface area contributed by atoms with E-state index in [4.69, 9.17) is 11.5 Å². The maximum atomic E-state index is 11.5. The molecule has 0 aliphatic rings. The maximum Gasteiger partial charge on any atom is 0.177 e. The van der Waals surface area contributed by atoms with Gasteiger partial charge in [-0.1, -0.05) is 19.9 Å². The van der Waals surface area contributed by atoms with E-state index in [0.717, 1.165) is 18.2 Å². The normalized spacial score (nSPS) is 12.7. The van der Waals surface area contributed by atoms with Crippen LogP contribution >= 0.6 is 0 Å². The number of nitrogen functional groups attached to an aromatic ring is 1. The standard InChI is InChI=1S/C12H20N2O2S/c1-12(2,8-13)7-9-4-5-10(14)11(6-9)17(3,15)16/h4-6H,7-8,13-14H2,1-3H3. The van der Waals surface area contributed by atoms with Crippen LogP contribution in [0.15, 0.2) is 23.1 Å². The van der Waals surface area contributed by atoms with Crippen LogP contribution in [0.3, 0.4) is 0 Å². The smallest absolute Gasteiger partial charge is 0.177 e. The Labute approximate surface area is 103 Å². The van der Waals surface area contributed by atoms with Crippen molar-refractivity contribution in [3.05, 3.63) is 23.8 Å². The fraction of sp³-hybridized carbons (Fsp3) is 0.500. The van der Waals surface area contributed by atoms with Gasteiger partial charge >= 0.3 is 0 Å². The monoisotopic (exact) mass is 256 g/mol. The second-order valence-electron chi connectivity index (χ2n) is 5.19. The van der Waals surface area contributed by atoms with E-state index in [1.807, 2.05) is 19.9 Å². The minimum absolute atomic E-state index is 0.0507. The van der Waals surface area contributed by atoms with Crippen molar-refractivity contribution in [1.29, 1.82) is 0 Å². The zero-order chi connectivity index (χ0) is 13.3. The van der Waals surface area contributed by atoms with Crippen LogP contribution in [-0.2, 0) is 16.3 Å². The fourth-order valence-electron chi connectivity index (χ4n) is 1.63. The van der Waals surface area contributed by atoms with E-state index in [0.29, 0.717) is 12.2 Å². The summed E-state index contributed by atoms with van der Waals surface area (Å²) in [5, 5.41) is 0. The summed E-state index contributed by atoms with van der Waals surface area (Å²) < 4.78 is 23.1. The van der Waals surface area contributed by atoms with Gasteiger partial charge in [-0.05, 0) is 36.1 Å². The highest BCUT2D eigenvalue weighted by Gasteiger charge is 2.18. The Kier molecular flexibility index (Phi) is 3.84. The molecule has 96 valence electrons. The van der Waals surface area contributed by atoms with Gasteiger partial charge in [-0.3, -0.25) is 0 Å². The molecule has 4 nitrogen and oxygen atoms in total. The van der Waals surface area contributed by atoms with E-state index in [9.17, 15) is 8.42 Å². The number of benzene rings is 1. The van der Waals surface area contributed by atoms with Crippen LogP contribution in [0.25, 0.3) is 0 Å². The highest BCUT2D eigenvalue weighted by atomic mass is 32.2. The number of anilines is 1. The molecular formula is C12H20N2O2S. The van der Waals surface area contributed by atoms with E-state index in [1.165, 1.54) is 0 Å². The van der Waals surface area contributed by atoms with Crippen LogP contribution in [0.5, 0.6) is 0 Å². The predicted octanol–water partition coefficient (Wildman–Crippen LogP) is 1.20. The topological polar surface area (TPSA) is 86.2 Å². The molecule has 0 saturated heterocycles. The molecule has 1 rings (SSSR count). The molecule has 0 radical (unpaired) electrons. The van der Waals surface area contributed by atoms with Crippen molar-refractivity contribution >= 4 is 15.5 Å². The summed E-state index contributed by atoms with van der Waals surface area (Å²) >= 11 is 0. The molecule has 0 aromatic heterocycles. The minimum Gasteiger partial charge on any atom is -0.398 e. The molecule has 0 fully saturated rings. The molecule has 4 N–H and O–H groups in total. The average Bonchev–Trinajstić information content (AvgIpc) is 2.19. The second kappa shape index (κ2) is 4.66. The zero-order valence-electron chi connectivity index (χ0n) is 10.5. The van der Waals surface area contributed by atoms with E-state index in [-0.39, 0.29) is 10.3 Å². The van der Waals surface area contributed by atoms with Crippen molar-refractivity contribution in [3.63, 3.8) is 0 Å². The second-order valence-corrected chi connectivity index (χ2v) is 7.17. The van der Waals surface area contributed by atoms with Gasteiger partial charge < -0.3 is 11.5 Å². The van der Waals surface area contributed by atoms with Crippen LogP contribution < -0.4 is 11.5 Å². The van der Waals surface area contributed by atoms with Gasteiger partial charge in [-0.2, -0.15) is 0 Å². The molecular weight excluding hydrogens is 236 g/mol. The highest BCUT2D eigenvalue weighted by Crippen LogP contribution is 2.25. The summed E-state index contributed by atoms with van der Waals surface area (Å²) in [4.78, 5) is 0.197. The lowest BCUT2D eigenvalue weighted by atomic mass is 9.86. The minimum atomic E-state index is -3.27. The van der Waals surface area contributed by atoms with E-state index in [1.54, 1.807) is 12.1 Å². The van der Waals surface area contributed by atoms with Gasteiger partial charge in [0, 0.05) is 6.26 Å². The molecule has 0 unspecified atom stereocenters. The van der Waals surface area contributed by atoms with E-state index in [2.05, 4.69) is 0 Å². The molecule has 1 aromatic carbocycles. The maximum absolute atomic E-state index is 11.5. The summed E-state index contributed by atoms with van der Waals surface area (Å²) in [7, 11) is -3.27. The molecule has 0 bridgehead atoms. The van der Waals surface area contributed by atoms with Gasteiger partial charge in [0.15, 0.2) is 9.84 Å². The van der Waals surface area contributed by atoms with Crippen LogP contribution in [0.2, 0.25) is 0 Å². The first-order valence-electron chi connectivity index (χ1n) is 5.44. The molecule has 0 spiro atoms. The number of nitrogens with two attached hydrogens (primary N) is 2. The third-order valence-electron chi connectivity index (χ3n) is 2.71. The van der Waals surface area contributed by atoms with Crippen molar-refractivity contribution in [2.45, 2.75) is 25.2 Å². The average molecular weight is 256 g/mol. The lowest BCUT2D eigenvalue weighted by Crippen LogP contribution is -2.26. The predicted molar refractivity (Wildman–Crippen MR) is 70.5 cm³/mol. The SMILES string of the molecule is CC(C)(CN)Cc1ccc(N)c(S(C)(=O)=O)c1. The quantitative estimate of drug-likeness (QED) is 0.793. The Morgan fingerprint density at radius 1 is 1.29 bits per heavy atom. The molecule has 0 heterocycles. The first-order valence-corrected chi connectivity index (χ1v) is 7.33. The summed E-state index contributed by atoms with van der Waals surface area (Å²) in [5.41, 5.74) is 12.5. The third kappa shape index (κ3) is 3.71. The summed E-state index contributed by atoms with van der Waals surface area (Å²) in [6.07, 6.45) is 1.89. The number of sulfone groups is 1. The van der Waals surface area contributed by atoms with Crippen LogP contribution in [0.4, 0.5) is 5.69 Å². The van der Waals surface area contributed by atoms with Crippen molar-refractivity contribution in [1.82, 2.24) is 0 Å². The van der Waals surface area contributed by atoms with Crippen molar-refractivity contribution in [2.75, 3.05) is 18.5 Å². The first kappa shape index (κ1) is 14.0. The molecule has 5 heteroatoms. The summed E-state index contributed by atoms with van der Waals surface area (Å²) in [6, 6.07) is 5.13. The highest BCUT2D eigenvalue weighted by molar-refractivity contribution is 7.90. The zero-order valence-corrected chi connectivity index (χ0v) is 11.3. The Morgan fingerprint density at radius 2 is 1.88 bits per heavy atom.